The summed E-state index contributed by atoms with van der Waals surface area (Å²) in [6.07, 6.45) is 2.24. The van der Waals surface area contributed by atoms with Crippen molar-refractivity contribution < 1.29 is 0 Å². The summed E-state index contributed by atoms with van der Waals surface area (Å²) in [5.74, 6) is 0. The lowest BCUT2D eigenvalue weighted by Crippen LogP contribution is -2.57. The molecule has 2 rings (SSSR count). The van der Waals surface area contributed by atoms with Gasteiger partial charge in [0.15, 0.2) is 0 Å². The second kappa shape index (κ2) is 5.81. The van der Waals surface area contributed by atoms with Crippen LogP contribution in [0.5, 0.6) is 0 Å². The van der Waals surface area contributed by atoms with Gasteiger partial charge in [0.25, 0.3) is 0 Å². The van der Waals surface area contributed by atoms with Gasteiger partial charge in [-0.2, -0.15) is 0 Å². The van der Waals surface area contributed by atoms with Gasteiger partial charge in [-0.3, -0.25) is 0 Å². The summed E-state index contributed by atoms with van der Waals surface area (Å²) >= 11 is 3.68. The van der Waals surface area contributed by atoms with Crippen molar-refractivity contribution in [3.63, 3.8) is 0 Å². The molecule has 0 atom stereocenters. The Morgan fingerprint density at radius 1 is 1.32 bits per heavy atom. The smallest absolute Gasteiger partial charge is 0.0510 e. The number of hydrogen-bond donors (Lipinski definition) is 1. The number of nitrogens with zero attached hydrogens (tertiary/aromatic N) is 2. The number of nitrogens with two attached hydrogens (primary N) is 1. The Hall–Kier alpha value is -0.580. The maximum absolute atomic E-state index is 6.00. The molecule has 0 amide bonds. The number of piperidine rings is 1. The molecule has 0 aliphatic carbocycles. The van der Waals surface area contributed by atoms with Gasteiger partial charge in [-0.05, 0) is 67.5 Å². The highest BCUT2D eigenvalue weighted by Gasteiger charge is 2.35. The van der Waals surface area contributed by atoms with E-state index in [0.29, 0.717) is 0 Å². The molecule has 0 aromatic heterocycles. The Kier molecular flexibility index (Phi) is 4.54. The van der Waals surface area contributed by atoms with Crippen LogP contribution in [0.3, 0.4) is 0 Å². The van der Waals surface area contributed by atoms with Gasteiger partial charge in [-0.25, -0.2) is 0 Å². The van der Waals surface area contributed by atoms with Gasteiger partial charge < -0.3 is 15.5 Å². The van der Waals surface area contributed by atoms with Crippen LogP contribution in [0.2, 0.25) is 0 Å². The van der Waals surface area contributed by atoms with E-state index in [4.69, 9.17) is 5.73 Å². The van der Waals surface area contributed by atoms with E-state index in [1.54, 1.807) is 0 Å². The molecule has 0 unspecified atom stereocenters. The molecule has 0 radical (unpaired) electrons. The highest BCUT2D eigenvalue weighted by atomic mass is 79.9. The fourth-order valence-corrected chi connectivity index (χ4v) is 3.61. The molecule has 0 bridgehead atoms. The van der Waals surface area contributed by atoms with E-state index in [1.807, 2.05) is 0 Å². The molecule has 1 aromatic rings. The minimum Gasteiger partial charge on any atom is -0.370 e. The van der Waals surface area contributed by atoms with E-state index in [0.717, 1.165) is 32.5 Å². The van der Waals surface area contributed by atoms with E-state index < -0.39 is 0 Å². The Labute approximate surface area is 124 Å². The number of aryl methyl sites for hydroxylation is 1. The normalized spacial score (nSPS) is 18.9. The molecule has 0 spiro atoms. The summed E-state index contributed by atoms with van der Waals surface area (Å²) in [6, 6.07) is 6.58. The van der Waals surface area contributed by atoms with Crippen molar-refractivity contribution in [1.82, 2.24) is 4.90 Å². The van der Waals surface area contributed by atoms with Gasteiger partial charge in [0.05, 0.1) is 5.69 Å². The fourth-order valence-electron chi connectivity index (χ4n) is 2.87. The van der Waals surface area contributed by atoms with Crippen LogP contribution in [0.25, 0.3) is 0 Å². The Morgan fingerprint density at radius 3 is 2.42 bits per heavy atom. The summed E-state index contributed by atoms with van der Waals surface area (Å²) < 4.78 is 1.19. The van der Waals surface area contributed by atoms with Gasteiger partial charge in [-0.1, -0.05) is 6.07 Å². The van der Waals surface area contributed by atoms with Crippen LogP contribution in [0.1, 0.15) is 18.4 Å². The molecular formula is C15H24BrN3. The van der Waals surface area contributed by atoms with Crippen molar-refractivity contribution >= 4 is 21.6 Å². The van der Waals surface area contributed by atoms with Crippen LogP contribution in [0.15, 0.2) is 22.7 Å². The van der Waals surface area contributed by atoms with Crippen molar-refractivity contribution in [3.8, 4) is 0 Å². The standard InChI is InChI=1S/C15H24BrN3/c1-12-4-5-14(13(16)10-12)19-8-6-15(11-17,7-9-19)18(2)3/h4-5,10H,6-9,11,17H2,1-3H3. The number of benzene rings is 1. The summed E-state index contributed by atoms with van der Waals surface area (Å²) in [5.41, 5.74) is 8.77. The molecule has 3 nitrogen and oxygen atoms in total. The van der Waals surface area contributed by atoms with E-state index in [-0.39, 0.29) is 5.54 Å². The number of anilines is 1. The fraction of sp³-hybridized carbons (Fsp3) is 0.600. The molecule has 1 saturated heterocycles. The minimum atomic E-state index is 0.174. The van der Waals surface area contributed by atoms with Crippen molar-refractivity contribution in [1.29, 1.82) is 0 Å². The molecule has 1 aromatic carbocycles. The van der Waals surface area contributed by atoms with E-state index >= 15 is 0 Å². The van der Waals surface area contributed by atoms with Gasteiger partial charge in [0, 0.05) is 29.6 Å². The van der Waals surface area contributed by atoms with Crippen LogP contribution >= 0.6 is 15.9 Å². The monoisotopic (exact) mass is 325 g/mol. The zero-order chi connectivity index (χ0) is 14.0. The van der Waals surface area contributed by atoms with Crippen molar-refractivity contribution in [3.05, 3.63) is 28.2 Å². The first-order valence-electron chi connectivity index (χ1n) is 6.87. The number of hydrogen-bond acceptors (Lipinski definition) is 3. The minimum absolute atomic E-state index is 0.174. The first-order chi connectivity index (χ1) is 8.98. The van der Waals surface area contributed by atoms with Gasteiger partial charge >= 0.3 is 0 Å². The van der Waals surface area contributed by atoms with Crippen LogP contribution in [-0.2, 0) is 0 Å². The number of rotatable bonds is 3. The quantitative estimate of drug-likeness (QED) is 0.927. The van der Waals surface area contributed by atoms with Gasteiger partial charge in [-0.15, -0.1) is 0 Å². The van der Waals surface area contributed by atoms with Crippen LogP contribution in [0, 0.1) is 6.92 Å². The summed E-state index contributed by atoms with van der Waals surface area (Å²) in [4.78, 5) is 4.76. The van der Waals surface area contributed by atoms with Crippen LogP contribution < -0.4 is 10.6 Å². The first kappa shape index (κ1) is 14.8. The van der Waals surface area contributed by atoms with Crippen LogP contribution in [0.4, 0.5) is 5.69 Å². The molecule has 1 aliphatic rings. The largest absolute Gasteiger partial charge is 0.370 e. The summed E-state index contributed by atoms with van der Waals surface area (Å²) in [7, 11) is 4.29. The molecule has 2 N–H and O–H groups in total. The highest BCUT2D eigenvalue weighted by molar-refractivity contribution is 9.10. The Bertz CT molecular complexity index is 437. The molecule has 4 heteroatoms. The Morgan fingerprint density at radius 2 is 1.95 bits per heavy atom. The predicted octanol–water partition coefficient (Wildman–Crippen LogP) is 2.62. The summed E-state index contributed by atoms with van der Waals surface area (Å²) in [6.45, 7) is 4.99. The van der Waals surface area contributed by atoms with E-state index in [9.17, 15) is 0 Å². The summed E-state index contributed by atoms with van der Waals surface area (Å²) in [5, 5.41) is 0. The lowest BCUT2D eigenvalue weighted by Gasteiger charge is -2.46. The SMILES string of the molecule is Cc1ccc(N2CCC(CN)(N(C)C)CC2)c(Br)c1. The van der Waals surface area contributed by atoms with Gasteiger partial charge in [0.1, 0.15) is 0 Å². The zero-order valence-electron chi connectivity index (χ0n) is 12.1. The maximum atomic E-state index is 6.00. The third-order valence-electron chi connectivity index (χ3n) is 4.47. The predicted molar refractivity (Wildman–Crippen MR) is 85.8 cm³/mol. The third kappa shape index (κ3) is 2.96. The van der Waals surface area contributed by atoms with E-state index in [2.05, 4.69) is 64.9 Å². The lowest BCUT2D eigenvalue weighted by atomic mass is 9.86. The lowest BCUT2D eigenvalue weighted by molar-refractivity contribution is 0.125. The molecular weight excluding hydrogens is 302 g/mol. The number of halogens is 1. The molecule has 0 saturated carbocycles. The molecule has 1 aliphatic heterocycles. The molecule has 1 heterocycles. The number of likely N-dealkylation sites (N-methyl/N-ethyl adjacent to an activating group) is 1. The average molecular weight is 326 g/mol. The van der Waals surface area contributed by atoms with Crippen LogP contribution in [-0.4, -0.2) is 44.2 Å². The average Bonchev–Trinajstić information content (AvgIpc) is 2.39. The molecule has 1 fully saturated rings. The molecule has 106 valence electrons. The highest BCUT2D eigenvalue weighted by Crippen LogP contribution is 2.33. The second-order valence-corrected chi connectivity index (χ2v) is 6.62. The maximum Gasteiger partial charge on any atom is 0.0510 e. The van der Waals surface area contributed by atoms with Crippen molar-refractivity contribution in [2.24, 2.45) is 5.73 Å². The zero-order valence-corrected chi connectivity index (χ0v) is 13.7. The second-order valence-electron chi connectivity index (χ2n) is 5.76. The Balaban J connectivity index is 2.11. The van der Waals surface area contributed by atoms with E-state index in [1.165, 1.54) is 15.7 Å². The topological polar surface area (TPSA) is 32.5 Å². The van der Waals surface area contributed by atoms with Gasteiger partial charge in [0.2, 0.25) is 0 Å². The van der Waals surface area contributed by atoms with Crippen molar-refractivity contribution in [2.75, 3.05) is 38.6 Å². The van der Waals surface area contributed by atoms with Crippen molar-refractivity contribution in [2.45, 2.75) is 25.3 Å². The molecule has 19 heavy (non-hydrogen) atoms. The third-order valence-corrected chi connectivity index (χ3v) is 5.10. The first-order valence-corrected chi connectivity index (χ1v) is 7.66.